The van der Waals surface area contributed by atoms with Crippen LogP contribution in [0.5, 0.6) is 5.75 Å². The lowest BCUT2D eigenvalue weighted by molar-refractivity contribution is 0.0523. The number of rotatable bonds is 5. The molecule has 0 aliphatic carbocycles. The minimum absolute atomic E-state index is 0.0159. The first-order valence-corrected chi connectivity index (χ1v) is 6.72. The van der Waals surface area contributed by atoms with Gasteiger partial charge in [-0.25, -0.2) is 4.79 Å². The minimum atomic E-state index is -3.92. The van der Waals surface area contributed by atoms with Crippen molar-refractivity contribution in [2.45, 2.75) is 18.7 Å². The van der Waals surface area contributed by atoms with Crippen LogP contribution >= 0.6 is 0 Å². The highest BCUT2D eigenvalue weighted by Crippen LogP contribution is 2.23. The number of phenols is 1. The third-order valence-electron chi connectivity index (χ3n) is 2.03. The lowest BCUT2D eigenvalue weighted by Crippen LogP contribution is -2.09. The molecule has 6 nitrogen and oxygen atoms in total. The van der Waals surface area contributed by atoms with Crippen LogP contribution in [0.3, 0.4) is 0 Å². The molecule has 0 heterocycles. The van der Waals surface area contributed by atoms with E-state index in [1.54, 1.807) is 6.92 Å². The molecule has 0 amide bonds. The summed E-state index contributed by atoms with van der Waals surface area (Å²) in [4.78, 5) is 11.3. The molecule has 0 unspecified atom stereocenters. The third kappa shape index (κ3) is 3.21. The van der Waals surface area contributed by atoms with E-state index in [2.05, 4.69) is 4.18 Å². The summed E-state index contributed by atoms with van der Waals surface area (Å²) >= 11 is 0. The molecule has 0 bridgehead atoms. The standard InChI is InChI=1S/C11H14O6S/c1-3-16-11(13)9-7-8(5-6-10(9)12)18(14,15)17-4-2/h5-7,12H,3-4H2,1-2H3. The van der Waals surface area contributed by atoms with E-state index in [1.165, 1.54) is 6.92 Å². The molecule has 1 N–H and O–H groups in total. The van der Waals surface area contributed by atoms with Gasteiger partial charge in [-0.15, -0.1) is 0 Å². The number of carbonyl (C=O) groups is 1. The highest BCUT2D eigenvalue weighted by atomic mass is 32.2. The second-order valence-corrected chi connectivity index (χ2v) is 4.88. The molecule has 1 aromatic rings. The number of carbonyl (C=O) groups excluding carboxylic acids is 1. The maximum Gasteiger partial charge on any atom is 0.341 e. The van der Waals surface area contributed by atoms with Crippen LogP contribution in [0.1, 0.15) is 24.2 Å². The molecule has 0 saturated carbocycles. The molecule has 0 spiro atoms. The fraction of sp³-hybridized carbons (Fsp3) is 0.364. The van der Waals surface area contributed by atoms with Crippen LogP contribution in [0.15, 0.2) is 23.1 Å². The summed E-state index contributed by atoms with van der Waals surface area (Å²) in [6, 6.07) is 3.29. The fourth-order valence-corrected chi connectivity index (χ4v) is 2.21. The molecule has 0 radical (unpaired) electrons. The molecule has 1 aromatic carbocycles. The maximum absolute atomic E-state index is 11.6. The summed E-state index contributed by atoms with van der Waals surface area (Å²) in [5.74, 6) is -1.13. The van der Waals surface area contributed by atoms with Crippen molar-refractivity contribution >= 4 is 16.1 Å². The minimum Gasteiger partial charge on any atom is -0.507 e. The van der Waals surface area contributed by atoms with Crippen LogP contribution in [-0.4, -0.2) is 32.7 Å². The van der Waals surface area contributed by atoms with Crippen molar-refractivity contribution in [2.24, 2.45) is 0 Å². The van der Waals surface area contributed by atoms with Crippen molar-refractivity contribution in [1.29, 1.82) is 0 Å². The van der Waals surface area contributed by atoms with Crippen molar-refractivity contribution < 1.29 is 27.2 Å². The van der Waals surface area contributed by atoms with Gasteiger partial charge in [-0.05, 0) is 32.0 Å². The van der Waals surface area contributed by atoms with E-state index < -0.39 is 16.1 Å². The maximum atomic E-state index is 11.6. The number of ether oxygens (including phenoxy) is 1. The Bertz CT molecular complexity index is 534. The van der Waals surface area contributed by atoms with Gasteiger partial charge in [-0.1, -0.05) is 0 Å². The predicted molar refractivity (Wildman–Crippen MR) is 62.9 cm³/mol. The molecule has 0 aromatic heterocycles. The number of phenolic OH excluding ortho intramolecular Hbond substituents is 1. The largest absolute Gasteiger partial charge is 0.507 e. The molecule has 0 atom stereocenters. The fourth-order valence-electron chi connectivity index (χ4n) is 1.27. The summed E-state index contributed by atoms with van der Waals surface area (Å²) in [5.41, 5.74) is -0.211. The van der Waals surface area contributed by atoms with Crippen LogP contribution in [0.4, 0.5) is 0 Å². The SMILES string of the molecule is CCOC(=O)c1cc(S(=O)(=O)OCC)ccc1O. The predicted octanol–water partition coefficient (Wildman–Crippen LogP) is 1.29. The summed E-state index contributed by atoms with van der Waals surface area (Å²) < 4.78 is 32.5. The van der Waals surface area contributed by atoms with Gasteiger partial charge in [0.1, 0.15) is 11.3 Å². The molecule has 1 rings (SSSR count). The monoisotopic (exact) mass is 274 g/mol. The van der Waals surface area contributed by atoms with Gasteiger partial charge in [-0.2, -0.15) is 8.42 Å². The number of aromatic hydroxyl groups is 1. The zero-order valence-corrected chi connectivity index (χ0v) is 10.9. The average molecular weight is 274 g/mol. The van der Waals surface area contributed by atoms with Crippen molar-refractivity contribution in [3.63, 3.8) is 0 Å². The average Bonchev–Trinajstić information content (AvgIpc) is 2.29. The van der Waals surface area contributed by atoms with Crippen LogP contribution in [0.25, 0.3) is 0 Å². The van der Waals surface area contributed by atoms with Gasteiger partial charge in [0.25, 0.3) is 10.1 Å². The summed E-state index contributed by atoms with van der Waals surface area (Å²) in [6.07, 6.45) is 0. The summed E-state index contributed by atoms with van der Waals surface area (Å²) in [7, 11) is -3.92. The van der Waals surface area contributed by atoms with Crippen LogP contribution in [0, 0.1) is 0 Å². The number of hydrogen-bond donors (Lipinski definition) is 1. The Morgan fingerprint density at radius 1 is 1.28 bits per heavy atom. The molecule has 7 heteroatoms. The second kappa shape index (κ2) is 5.83. The van der Waals surface area contributed by atoms with E-state index in [9.17, 15) is 18.3 Å². The third-order valence-corrected chi connectivity index (χ3v) is 3.40. The molecule has 100 valence electrons. The van der Waals surface area contributed by atoms with Gasteiger partial charge in [-0.3, -0.25) is 4.18 Å². The first-order chi connectivity index (χ1) is 8.42. The van der Waals surface area contributed by atoms with Gasteiger partial charge in [0.2, 0.25) is 0 Å². The topological polar surface area (TPSA) is 89.9 Å². The zero-order valence-electron chi connectivity index (χ0n) is 10.0. The van der Waals surface area contributed by atoms with Crippen molar-refractivity contribution in [3.8, 4) is 5.75 Å². The van der Waals surface area contributed by atoms with E-state index in [0.29, 0.717) is 0 Å². The highest BCUT2D eigenvalue weighted by Gasteiger charge is 2.20. The Morgan fingerprint density at radius 2 is 1.94 bits per heavy atom. The van der Waals surface area contributed by atoms with Gasteiger partial charge in [0.05, 0.1) is 18.1 Å². The Balaban J connectivity index is 3.20. The molecule has 0 aliphatic heterocycles. The van der Waals surface area contributed by atoms with Crippen molar-refractivity contribution in [2.75, 3.05) is 13.2 Å². The highest BCUT2D eigenvalue weighted by molar-refractivity contribution is 7.86. The number of esters is 1. The quantitative estimate of drug-likeness (QED) is 0.643. The smallest absolute Gasteiger partial charge is 0.341 e. The van der Waals surface area contributed by atoms with Gasteiger partial charge < -0.3 is 9.84 Å². The first kappa shape index (κ1) is 14.5. The number of benzene rings is 1. The normalized spacial score (nSPS) is 11.2. The first-order valence-electron chi connectivity index (χ1n) is 5.32. The van der Waals surface area contributed by atoms with E-state index >= 15 is 0 Å². The van der Waals surface area contributed by atoms with E-state index in [4.69, 9.17) is 4.74 Å². The lowest BCUT2D eigenvalue weighted by atomic mass is 10.2. The zero-order chi connectivity index (χ0) is 13.8. The van der Waals surface area contributed by atoms with Gasteiger partial charge in [0.15, 0.2) is 0 Å². The van der Waals surface area contributed by atoms with E-state index in [-0.39, 0.29) is 29.4 Å². The van der Waals surface area contributed by atoms with Gasteiger partial charge in [0, 0.05) is 0 Å². The molecule has 0 aliphatic rings. The molecule has 18 heavy (non-hydrogen) atoms. The Morgan fingerprint density at radius 3 is 2.50 bits per heavy atom. The number of hydrogen-bond acceptors (Lipinski definition) is 6. The van der Waals surface area contributed by atoms with Gasteiger partial charge >= 0.3 is 5.97 Å². The van der Waals surface area contributed by atoms with Crippen LogP contribution in [-0.2, 0) is 19.0 Å². The van der Waals surface area contributed by atoms with Crippen molar-refractivity contribution in [3.05, 3.63) is 23.8 Å². The van der Waals surface area contributed by atoms with Crippen molar-refractivity contribution in [1.82, 2.24) is 0 Å². The van der Waals surface area contributed by atoms with E-state index in [1.807, 2.05) is 0 Å². The van der Waals surface area contributed by atoms with Crippen LogP contribution in [0.2, 0.25) is 0 Å². The summed E-state index contributed by atoms with van der Waals surface area (Å²) in [5, 5.41) is 9.49. The Kier molecular flexibility index (Phi) is 4.69. The second-order valence-electron chi connectivity index (χ2n) is 3.26. The molecule has 0 saturated heterocycles. The summed E-state index contributed by atoms with van der Waals surface area (Å²) in [6.45, 7) is 3.25. The Labute approximate surface area is 105 Å². The van der Waals surface area contributed by atoms with Crippen LogP contribution < -0.4 is 0 Å². The lowest BCUT2D eigenvalue weighted by Gasteiger charge is -2.07. The molecular formula is C11H14O6S. The Hall–Kier alpha value is -1.60. The van der Waals surface area contributed by atoms with E-state index in [0.717, 1.165) is 18.2 Å². The molecule has 0 fully saturated rings. The molecular weight excluding hydrogens is 260 g/mol.